The van der Waals surface area contributed by atoms with Crippen molar-refractivity contribution in [3.63, 3.8) is 0 Å². The summed E-state index contributed by atoms with van der Waals surface area (Å²) >= 11 is 3.09. The van der Waals surface area contributed by atoms with Crippen molar-refractivity contribution in [2.75, 3.05) is 17.5 Å². The molecule has 0 unspecified atom stereocenters. The molecule has 5 rings (SSSR count). The third-order valence-corrected chi connectivity index (χ3v) is 8.22. The van der Waals surface area contributed by atoms with E-state index < -0.39 is 21.7 Å². The molecule has 2 N–H and O–H groups in total. The van der Waals surface area contributed by atoms with Gasteiger partial charge in [0.1, 0.15) is 17.3 Å². The van der Waals surface area contributed by atoms with Gasteiger partial charge in [-0.2, -0.15) is 5.10 Å². The van der Waals surface area contributed by atoms with Gasteiger partial charge in [0.2, 0.25) is 10.0 Å². The Morgan fingerprint density at radius 2 is 1.86 bits per heavy atom. The van der Waals surface area contributed by atoms with E-state index in [-0.39, 0.29) is 24.0 Å². The number of halogens is 3. The van der Waals surface area contributed by atoms with Crippen molar-refractivity contribution in [2.24, 2.45) is 0 Å². The number of sulfonamides is 1. The number of carbonyl (C=O) groups is 1. The predicted octanol–water partition coefficient (Wildman–Crippen LogP) is 5.26. The smallest absolute Gasteiger partial charge is 0.255 e. The second-order valence-electron chi connectivity index (χ2n) is 8.98. The van der Waals surface area contributed by atoms with Crippen LogP contribution in [0.3, 0.4) is 0 Å². The Morgan fingerprint density at radius 1 is 1.14 bits per heavy atom. The zero-order chi connectivity index (χ0) is 26.3. The number of hydrogen-bond donors (Lipinski definition) is 2. The highest BCUT2D eigenvalue weighted by Gasteiger charge is 2.30. The summed E-state index contributed by atoms with van der Waals surface area (Å²) in [7, 11) is -2.26. The molecule has 0 atom stereocenters. The number of aryl methyl sites for hydroxylation is 1. The molecule has 1 amide bonds. The van der Waals surface area contributed by atoms with Gasteiger partial charge < -0.3 is 5.32 Å². The third-order valence-electron chi connectivity index (χ3n) is 6.30. The van der Waals surface area contributed by atoms with Crippen molar-refractivity contribution in [1.82, 2.24) is 14.9 Å². The minimum Gasteiger partial charge on any atom is -0.355 e. The first kappa shape index (κ1) is 25.3. The summed E-state index contributed by atoms with van der Waals surface area (Å²) in [5.41, 5.74) is 3.49. The van der Waals surface area contributed by atoms with Crippen LogP contribution in [0.15, 0.2) is 59.2 Å². The van der Waals surface area contributed by atoms with Crippen molar-refractivity contribution < 1.29 is 22.0 Å². The normalized spacial score (nSPS) is 13.6. The van der Waals surface area contributed by atoms with E-state index in [4.69, 9.17) is 0 Å². The SMILES string of the molecule is CNC(=O)c1c(-c2ccc(F)cc2)nn2cc(NS(=O)(=O)CCc3ccc(Br)c(F)c3)c(C3CC3)cc12. The Morgan fingerprint density at radius 3 is 2.51 bits per heavy atom. The van der Waals surface area contributed by atoms with Crippen LogP contribution in [-0.4, -0.2) is 36.7 Å². The van der Waals surface area contributed by atoms with Crippen LogP contribution in [0.5, 0.6) is 0 Å². The molecule has 0 aliphatic heterocycles. The van der Waals surface area contributed by atoms with E-state index in [0.29, 0.717) is 38.1 Å². The van der Waals surface area contributed by atoms with Gasteiger partial charge in [-0.05, 0) is 94.7 Å². The number of nitrogens with one attached hydrogen (secondary N) is 2. The van der Waals surface area contributed by atoms with Gasteiger partial charge in [0.25, 0.3) is 5.91 Å². The molecule has 4 aromatic rings. The number of amides is 1. The van der Waals surface area contributed by atoms with Crippen LogP contribution in [-0.2, 0) is 16.4 Å². The first-order chi connectivity index (χ1) is 17.6. The second kappa shape index (κ2) is 9.86. The Balaban J connectivity index is 1.52. The first-order valence-electron chi connectivity index (χ1n) is 11.6. The summed E-state index contributed by atoms with van der Waals surface area (Å²) in [6.07, 6.45) is 3.51. The number of aromatic nitrogens is 2. The number of benzene rings is 2. The standard InChI is InChI=1S/C26H23BrF2N4O3S/c1-30-26(34)24-23-13-19(16-3-4-16)22(14-33(23)31-25(24)17-5-7-18(28)8-6-17)32-37(35,36)11-10-15-2-9-20(27)21(29)12-15/h2,5-9,12-14,16,32H,3-4,10-11H2,1H3,(H,30,34). The first-order valence-corrected chi connectivity index (χ1v) is 14.1. The molecule has 0 saturated heterocycles. The highest BCUT2D eigenvalue weighted by Crippen LogP contribution is 2.45. The van der Waals surface area contributed by atoms with Gasteiger partial charge in [0.05, 0.1) is 33.2 Å². The van der Waals surface area contributed by atoms with Gasteiger partial charge in [-0.3, -0.25) is 9.52 Å². The van der Waals surface area contributed by atoms with Gasteiger partial charge in [0, 0.05) is 12.6 Å². The van der Waals surface area contributed by atoms with Crippen molar-refractivity contribution in [1.29, 1.82) is 0 Å². The average molecular weight is 589 g/mol. The van der Waals surface area contributed by atoms with Gasteiger partial charge in [-0.15, -0.1) is 0 Å². The lowest BCUT2D eigenvalue weighted by atomic mass is 10.0. The molecule has 1 fully saturated rings. The van der Waals surface area contributed by atoms with Crippen LogP contribution >= 0.6 is 15.9 Å². The minimum absolute atomic E-state index is 0.137. The minimum atomic E-state index is -3.78. The molecule has 1 aliphatic rings. The van der Waals surface area contributed by atoms with Gasteiger partial charge in [-0.1, -0.05) is 6.07 Å². The molecule has 2 aromatic carbocycles. The highest BCUT2D eigenvalue weighted by atomic mass is 79.9. The lowest BCUT2D eigenvalue weighted by Crippen LogP contribution is -2.20. The maximum Gasteiger partial charge on any atom is 0.255 e. The lowest BCUT2D eigenvalue weighted by Gasteiger charge is -2.13. The van der Waals surface area contributed by atoms with Crippen LogP contribution in [0.2, 0.25) is 0 Å². The summed E-state index contributed by atoms with van der Waals surface area (Å²) in [6, 6.07) is 12.0. The van der Waals surface area contributed by atoms with Crippen LogP contribution < -0.4 is 10.0 Å². The Kier molecular flexibility index (Phi) is 6.76. The topological polar surface area (TPSA) is 92.6 Å². The number of fused-ring (bicyclic) bond motifs is 1. The fraction of sp³-hybridized carbons (Fsp3) is 0.231. The zero-order valence-electron chi connectivity index (χ0n) is 19.8. The van der Waals surface area contributed by atoms with Crippen LogP contribution in [0.25, 0.3) is 16.8 Å². The molecule has 1 aliphatic carbocycles. The molecule has 11 heteroatoms. The lowest BCUT2D eigenvalue weighted by molar-refractivity contribution is 0.0965. The number of carbonyl (C=O) groups excluding carboxylic acids is 1. The molecule has 2 aromatic heterocycles. The predicted molar refractivity (Wildman–Crippen MR) is 141 cm³/mol. The summed E-state index contributed by atoms with van der Waals surface area (Å²) in [5, 5.41) is 7.19. The molecule has 0 radical (unpaired) electrons. The number of rotatable bonds is 8. The monoisotopic (exact) mass is 588 g/mol. The second-order valence-corrected chi connectivity index (χ2v) is 11.7. The summed E-state index contributed by atoms with van der Waals surface area (Å²) in [6.45, 7) is 0. The van der Waals surface area contributed by atoms with Crippen LogP contribution in [0.4, 0.5) is 14.5 Å². The van der Waals surface area contributed by atoms with E-state index in [0.717, 1.165) is 18.4 Å². The molecule has 1 saturated carbocycles. The number of hydrogen-bond acceptors (Lipinski definition) is 4. The van der Waals surface area contributed by atoms with Gasteiger partial charge in [-0.25, -0.2) is 21.7 Å². The van der Waals surface area contributed by atoms with Crippen molar-refractivity contribution in [3.8, 4) is 11.3 Å². The van der Waals surface area contributed by atoms with E-state index in [9.17, 15) is 22.0 Å². The van der Waals surface area contributed by atoms with E-state index in [1.54, 1.807) is 36.5 Å². The summed E-state index contributed by atoms with van der Waals surface area (Å²) in [4.78, 5) is 12.8. The quantitative estimate of drug-likeness (QED) is 0.293. The van der Waals surface area contributed by atoms with E-state index in [2.05, 4.69) is 31.1 Å². The maximum absolute atomic E-state index is 13.8. The van der Waals surface area contributed by atoms with E-state index in [1.165, 1.54) is 29.8 Å². The fourth-order valence-electron chi connectivity index (χ4n) is 4.25. The van der Waals surface area contributed by atoms with Crippen LogP contribution in [0.1, 0.15) is 40.2 Å². The molecular weight excluding hydrogens is 566 g/mol. The summed E-state index contributed by atoms with van der Waals surface area (Å²) in [5.74, 6) is -1.30. The maximum atomic E-state index is 13.8. The van der Waals surface area contributed by atoms with Crippen molar-refractivity contribution in [3.05, 3.63) is 87.5 Å². The van der Waals surface area contributed by atoms with Crippen molar-refractivity contribution in [2.45, 2.75) is 25.2 Å². The van der Waals surface area contributed by atoms with E-state index >= 15 is 0 Å². The van der Waals surface area contributed by atoms with E-state index in [1.807, 2.05) is 0 Å². The average Bonchev–Trinajstić information content (AvgIpc) is 3.65. The largest absolute Gasteiger partial charge is 0.355 e. The summed E-state index contributed by atoms with van der Waals surface area (Å²) < 4.78 is 57.8. The highest BCUT2D eigenvalue weighted by molar-refractivity contribution is 9.10. The van der Waals surface area contributed by atoms with Gasteiger partial charge in [0.15, 0.2) is 0 Å². The van der Waals surface area contributed by atoms with Crippen LogP contribution in [0, 0.1) is 11.6 Å². The third kappa shape index (κ3) is 5.37. The zero-order valence-corrected chi connectivity index (χ0v) is 22.2. The molecular formula is C26H23BrF2N4O3S. The fourth-order valence-corrected chi connectivity index (χ4v) is 5.61. The number of nitrogens with zero attached hydrogens (tertiary/aromatic N) is 2. The Labute approximate surface area is 221 Å². The molecule has 7 nitrogen and oxygen atoms in total. The Bertz CT molecular complexity index is 1620. The molecule has 37 heavy (non-hydrogen) atoms. The van der Waals surface area contributed by atoms with Gasteiger partial charge >= 0.3 is 0 Å². The van der Waals surface area contributed by atoms with Crippen molar-refractivity contribution >= 4 is 43.1 Å². The Hall–Kier alpha value is -3.31. The molecule has 2 heterocycles. The number of anilines is 1. The molecule has 192 valence electrons. The molecule has 0 spiro atoms. The molecule has 0 bridgehead atoms. The number of pyridine rings is 1.